The Morgan fingerprint density at radius 3 is 2.84 bits per heavy atom. The van der Waals surface area contributed by atoms with Crippen LogP contribution in [-0.2, 0) is 7.05 Å². The Morgan fingerprint density at radius 1 is 1.37 bits per heavy atom. The summed E-state index contributed by atoms with van der Waals surface area (Å²) in [6.45, 7) is 1.80. The van der Waals surface area contributed by atoms with Crippen molar-refractivity contribution in [2.24, 2.45) is 7.05 Å². The maximum Gasteiger partial charge on any atom is 0.231 e. The van der Waals surface area contributed by atoms with E-state index in [-0.39, 0.29) is 5.78 Å². The van der Waals surface area contributed by atoms with E-state index in [2.05, 4.69) is 5.10 Å². The quantitative estimate of drug-likeness (QED) is 0.673. The van der Waals surface area contributed by atoms with E-state index in [0.29, 0.717) is 27.6 Å². The summed E-state index contributed by atoms with van der Waals surface area (Å²) in [6, 6.07) is 6.96. The van der Waals surface area contributed by atoms with Crippen LogP contribution in [0.1, 0.15) is 21.8 Å². The monoisotopic (exact) mass is 274 g/mol. The van der Waals surface area contributed by atoms with Crippen LogP contribution in [0.5, 0.6) is 0 Å². The first-order valence-electron chi connectivity index (χ1n) is 5.78. The van der Waals surface area contributed by atoms with Crippen molar-refractivity contribution in [3.8, 4) is 0 Å². The largest absolute Gasteiger partial charge is 0.453 e. The molecule has 0 radical (unpaired) electrons. The number of fused-ring (bicyclic) bond motifs is 1. The molecule has 1 aromatic carbocycles. The van der Waals surface area contributed by atoms with Gasteiger partial charge in [0.05, 0.1) is 11.3 Å². The predicted molar refractivity (Wildman–Crippen MR) is 72.6 cm³/mol. The molecule has 2 heterocycles. The fraction of sp³-hybridized carbons (Fsp3) is 0.143. The zero-order chi connectivity index (χ0) is 13.6. The van der Waals surface area contributed by atoms with Crippen LogP contribution in [0.15, 0.2) is 34.9 Å². The van der Waals surface area contributed by atoms with Gasteiger partial charge in [0.25, 0.3) is 0 Å². The van der Waals surface area contributed by atoms with E-state index < -0.39 is 0 Å². The molecule has 96 valence electrons. The van der Waals surface area contributed by atoms with Gasteiger partial charge in [0.2, 0.25) is 5.78 Å². The SMILES string of the molecule is Cc1nn(C)cc1C(=O)c1cc2cc(Cl)ccc2o1. The van der Waals surface area contributed by atoms with Crippen LogP contribution in [-0.4, -0.2) is 15.6 Å². The number of carbonyl (C=O) groups excluding carboxylic acids is 1. The van der Waals surface area contributed by atoms with Gasteiger partial charge in [-0.25, -0.2) is 0 Å². The molecule has 3 rings (SSSR count). The second-order valence-corrected chi connectivity index (χ2v) is 4.86. The highest BCUT2D eigenvalue weighted by Gasteiger charge is 2.18. The number of aryl methyl sites for hydroxylation is 2. The average molecular weight is 275 g/mol. The normalized spacial score (nSPS) is 11.1. The third-order valence-electron chi connectivity index (χ3n) is 2.96. The van der Waals surface area contributed by atoms with Crippen LogP contribution >= 0.6 is 11.6 Å². The van der Waals surface area contributed by atoms with Crippen molar-refractivity contribution in [2.45, 2.75) is 6.92 Å². The molecule has 0 saturated carbocycles. The molecule has 0 aliphatic heterocycles. The molecule has 0 amide bonds. The van der Waals surface area contributed by atoms with E-state index in [1.165, 1.54) is 0 Å². The van der Waals surface area contributed by atoms with Crippen LogP contribution in [0.25, 0.3) is 11.0 Å². The highest BCUT2D eigenvalue weighted by Crippen LogP contribution is 2.25. The molecule has 0 saturated heterocycles. The summed E-state index contributed by atoms with van der Waals surface area (Å²) in [6.07, 6.45) is 1.69. The Kier molecular flexibility index (Phi) is 2.68. The molecule has 0 bridgehead atoms. The van der Waals surface area contributed by atoms with Crippen LogP contribution in [0.2, 0.25) is 5.02 Å². The number of benzene rings is 1. The first-order chi connectivity index (χ1) is 9.04. The number of rotatable bonds is 2. The van der Waals surface area contributed by atoms with E-state index >= 15 is 0 Å². The lowest BCUT2D eigenvalue weighted by atomic mass is 10.1. The van der Waals surface area contributed by atoms with E-state index in [1.807, 2.05) is 0 Å². The molecular weight excluding hydrogens is 264 g/mol. The molecule has 5 heteroatoms. The fourth-order valence-electron chi connectivity index (χ4n) is 2.08. The molecule has 4 nitrogen and oxygen atoms in total. The predicted octanol–water partition coefficient (Wildman–Crippen LogP) is 3.36. The minimum absolute atomic E-state index is 0.169. The van der Waals surface area contributed by atoms with Gasteiger partial charge in [-0.1, -0.05) is 11.6 Å². The summed E-state index contributed by atoms with van der Waals surface area (Å²) in [5, 5.41) is 5.59. The lowest BCUT2D eigenvalue weighted by molar-refractivity contribution is 0.101. The molecule has 0 N–H and O–H groups in total. The van der Waals surface area contributed by atoms with Crippen LogP contribution in [0.4, 0.5) is 0 Å². The van der Waals surface area contributed by atoms with Gasteiger partial charge in [-0.05, 0) is 31.2 Å². The minimum Gasteiger partial charge on any atom is -0.453 e. The van der Waals surface area contributed by atoms with E-state index in [0.717, 1.165) is 5.39 Å². The molecule has 0 unspecified atom stereocenters. The molecule has 3 aromatic rings. The van der Waals surface area contributed by atoms with Crippen molar-refractivity contribution < 1.29 is 9.21 Å². The highest BCUT2D eigenvalue weighted by atomic mass is 35.5. The Balaban J connectivity index is 2.09. The number of hydrogen-bond acceptors (Lipinski definition) is 3. The van der Waals surface area contributed by atoms with Crippen molar-refractivity contribution in [3.63, 3.8) is 0 Å². The summed E-state index contributed by atoms with van der Waals surface area (Å²) in [7, 11) is 1.78. The van der Waals surface area contributed by atoms with Crippen LogP contribution in [0.3, 0.4) is 0 Å². The minimum atomic E-state index is -0.169. The van der Waals surface area contributed by atoms with Gasteiger partial charge in [0.1, 0.15) is 5.58 Å². The van der Waals surface area contributed by atoms with Gasteiger partial charge >= 0.3 is 0 Å². The fourth-order valence-corrected chi connectivity index (χ4v) is 2.26. The Labute approximate surface area is 114 Å². The van der Waals surface area contributed by atoms with Crippen molar-refractivity contribution in [1.29, 1.82) is 0 Å². The average Bonchev–Trinajstić information content (AvgIpc) is 2.91. The van der Waals surface area contributed by atoms with Gasteiger partial charge in [-0.2, -0.15) is 5.10 Å². The van der Waals surface area contributed by atoms with Crippen molar-refractivity contribution in [1.82, 2.24) is 9.78 Å². The smallest absolute Gasteiger partial charge is 0.231 e. The third kappa shape index (κ3) is 2.04. The summed E-state index contributed by atoms with van der Waals surface area (Å²) in [5.74, 6) is 0.131. The standard InChI is InChI=1S/C14H11ClN2O2/c1-8-11(7-17(2)16-8)14(18)13-6-9-5-10(15)3-4-12(9)19-13/h3-7H,1-2H3. The number of halogens is 1. The summed E-state index contributed by atoms with van der Waals surface area (Å²) in [5.41, 5.74) is 1.88. The Morgan fingerprint density at radius 2 is 2.16 bits per heavy atom. The number of furan rings is 1. The van der Waals surface area contributed by atoms with Gasteiger partial charge in [0.15, 0.2) is 5.76 Å². The zero-order valence-corrected chi connectivity index (χ0v) is 11.2. The summed E-state index contributed by atoms with van der Waals surface area (Å²) >= 11 is 5.91. The molecule has 0 aliphatic carbocycles. The number of nitrogens with zero attached hydrogens (tertiary/aromatic N) is 2. The lowest BCUT2D eigenvalue weighted by Crippen LogP contribution is -1.99. The van der Waals surface area contributed by atoms with E-state index in [1.54, 1.807) is 49.1 Å². The van der Waals surface area contributed by atoms with Gasteiger partial charge in [-0.3, -0.25) is 9.48 Å². The zero-order valence-electron chi connectivity index (χ0n) is 10.5. The Bertz CT molecular complexity index is 786. The third-order valence-corrected chi connectivity index (χ3v) is 3.20. The second-order valence-electron chi connectivity index (χ2n) is 4.42. The van der Waals surface area contributed by atoms with Gasteiger partial charge in [-0.15, -0.1) is 0 Å². The maximum atomic E-state index is 12.4. The highest BCUT2D eigenvalue weighted by molar-refractivity contribution is 6.31. The van der Waals surface area contributed by atoms with E-state index in [9.17, 15) is 4.79 Å². The molecule has 0 aliphatic rings. The van der Waals surface area contributed by atoms with Gasteiger partial charge in [0, 0.05) is 23.7 Å². The van der Waals surface area contributed by atoms with Crippen molar-refractivity contribution in [2.75, 3.05) is 0 Å². The number of ketones is 1. The topological polar surface area (TPSA) is 48.0 Å². The van der Waals surface area contributed by atoms with E-state index in [4.69, 9.17) is 16.0 Å². The van der Waals surface area contributed by atoms with Gasteiger partial charge < -0.3 is 4.42 Å². The molecule has 19 heavy (non-hydrogen) atoms. The maximum absolute atomic E-state index is 12.4. The first kappa shape index (κ1) is 12.0. The first-order valence-corrected chi connectivity index (χ1v) is 6.16. The van der Waals surface area contributed by atoms with Crippen molar-refractivity contribution in [3.05, 3.63) is 52.5 Å². The molecular formula is C14H11ClN2O2. The van der Waals surface area contributed by atoms with Crippen LogP contribution in [0, 0.1) is 6.92 Å². The molecule has 0 fully saturated rings. The van der Waals surface area contributed by atoms with Crippen molar-refractivity contribution >= 4 is 28.4 Å². The summed E-state index contributed by atoms with van der Waals surface area (Å²) in [4.78, 5) is 12.4. The molecule has 0 spiro atoms. The number of aromatic nitrogens is 2. The Hall–Kier alpha value is -2.07. The molecule has 2 aromatic heterocycles. The second kappa shape index (κ2) is 4.24. The van der Waals surface area contributed by atoms with Crippen LogP contribution < -0.4 is 0 Å². The number of hydrogen-bond donors (Lipinski definition) is 0. The molecule has 0 atom stereocenters. The lowest BCUT2D eigenvalue weighted by Gasteiger charge is -1.93. The summed E-state index contributed by atoms with van der Waals surface area (Å²) < 4.78 is 7.17. The number of carbonyl (C=O) groups is 1.